The number of ketones is 1. The highest BCUT2D eigenvalue weighted by molar-refractivity contribution is 5.99. The number of aryl methyl sites for hydroxylation is 1. The van der Waals surface area contributed by atoms with Gasteiger partial charge in [-0.15, -0.1) is 0 Å². The maximum atomic E-state index is 12.7. The average molecular weight is 350 g/mol. The first-order valence-electron chi connectivity index (χ1n) is 8.27. The molecule has 26 heavy (non-hydrogen) atoms. The third-order valence-corrected chi connectivity index (χ3v) is 4.53. The molecule has 4 rings (SSSR count). The highest BCUT2D eigenvalue weighted by Gasteiger charge is 2.32. The fourth-order valence-electron chi connectivity index (χ4n) is 3.44. The van der Waals surface area contributed by atoms with Crippen LogP contribution in [0.1, 0.15) is 39.9 Å². The van der Waals surface area contributed by atoms with Crippen LogP contribution in [-0.4, -0.2) is 37.4 Å². The second kappa shape index (κ2) is 6.21. The molecule has 0 saturated carbocycles. The van der Waals surface area contributed by atoms with Crippen LogP contribution in [0.5, 0.6) is 5.88 Å². The molecule has 1 atom stereocenters. The van der Waals surface area contributed by atoms with Crippen LogP contribution >= 0.6 is 0 Å². The largest absolute Gasteiger partial charge is 0.481 e. The molecule has 0 unspecified atom stereocenters. The smallest absolute Gasteiger partial charge is 0.220 e. The zero-order valence-electron chi connectivity index (χ0n) is 14.5. The van der Waals surface area contributed by atoms with Gasteiger partial charge in [-0.05, 0) is 13.0 Å². The maximum absolute atomic E-state index is 12.7. The SMILES string of the molecule is COc1cccc(-n2ccnc2[C@@H]2CC(=O)c3c(C)nc(N)nc3C2)n1. The van der Waals surface area contributed by atoms with Crippen molar-refractivity contribution in [2.75, 3.05) is 12.8 Å². The predicted octanol–water partition coefficient (Wildman–Crippen LogP) is 1.87. The Labute approximate surface area is 150 Å². The van der Waals surface area contributed by atoms with Crippen molar-refractivity contribution in [3.63, 3.8) is 0 Å². The topological polar surface area (TPSA) is 109 Å². The van der Waals surface area contributed by atoms with E-state index in [0.717, 1.165) is 5.82 Å². The standard InChI is InChI=1S/C18H18N6O2/c1-10-16-12(22-18(19)21-10)8-11(9-13(16)25)17-20-6-7-24(17)14-4-3-5-15(23-14)26-2/h3-7,11H,8-9H2,1-2H3,(H2,19,21,22)/t11-/m0/s1. The van der Waals surface area contributed by atoms with E-state index in [1.165, 1.54) is 0 Å². The molecular weight excluding hydrogens is 332 g/mol. The minimum absolute atomic E-state index is 0.0156. The molecule has 0 bridgehead atoms. The number of nitrogen functional groups attached to an aromatic ring is 1. The molecule has 132 valence electrons. The molecule has 0 spiro atoms. The normalized spacial score (nSPS) is 16.4. The third kappa shape index (κ3) is 2.69. The van der Waals surface area contributed by atoms with E-state index >= 15 is 0 Å². The molecule has 0 radical (unpaired) electrons. The Balaban J connectivity index is 1.74. The Kier molecular flexibility index (Phi) is 3.87. The number of aromatic nitrogens is 5. The summed E-state index contributed by atoms with van der Waals surface area (Å²) in [4.78, 5) is 30.0. The molecule has 0 aliphatic heterocycles. The fraction of sp³-hybridized carbons (Fsp3) is 0.278. The lowest BCUT2D eigenvalue weighted by molar-refractivity contribution is 0.0960. The van der Waals surface area contributed by atoms with Gasteiger partial charge in [0.1, 0.15) is 11.6 Å². The van der Waals surface area contributed by atoms with Gasteiger partial charge in [0.15, 0.2) is 5.78 Å². The summed E-state index contributed by atoms with van der Waals surface area (Å²) in [7, 11) is 1.57. The van der Waals surface area contributed by atoms with Gasteiger partial charge in [0, 0.05) is 37.2 Å². The zero-order valence-corrected chi connectivity index (χ0v) is 14.5. The van der Waals surface area contributed by atoms with E-state index in [1.54, 1.807) is 26.3 Å². The molecule has 3 aromatic rings. The van der Waals surface area contributed by atoms with Gasteiger partial charge in [-0.1, -0.05) is 6.07 Å². The molecule has 1 aliphatic rings. The number of carbonyl (C=O) groups excluding carboxylic acids is 1. The maximum Gasteiger partial charge on any atom is 0.220 e. The number of hydrogen-bond donors (Lipinski definition) is 1. The van der Waals surface area contributed by atoms with E-state index in [1.807, 2.05) is 22.9 Å². The van der Waals surface area contributed by atoms with Crippen LogP contribution in [0.4, 0.5) is 5.95 Å². The van der Waals surface area contributed by atoms with Crippen molar-refractivity contribution in [2.24, 2.45) is 0 Å². The molecular formula is C18H18N6O2. The third-order valence-electron chi connectivity index (χ3n) is 4.53. The second-order valence-corrected chi connectivity index (χ2v) is 6.21. The number of imidazole rings is 1. The van der Waals surface area contributed by atoms with Crippen LogP contribution in [0, 0.1) is 6.92 Å². The summed E-state index contributed by atoms with van der Waals surface area (Å²) < 4.78 is 7.08. The van der Waals surface area contributed by atoms with Crippen molar-refractivity contribution in [3.8, 4) is 11.7 Å². The quantitative estimate of drug-likeness (QED) is 0.768. The van der Waals surface area contributed by atoms with Crippen molar-refractivity contribution < 1.29 is 9.53 Å². The predicted molar refractivity (Wildman–Crippen MR) is 94.5 cm³/mol. The number of ether oxygens (including phenoxy) is 1. The van der Waals surface area contributed by atoms with Crippen LogP contribution in [0.2, 0.25) is 0 Å². The summed E-state index contributed by atoms with van der Waals surface area (Å²) >= 11 is 0. The van der Waals surface area contributed by atoms with Crippen LogP contribution in [0.3, 0.4) is 0 Å². The molecule has 0 fully saturated rings. The number of Topliss-reactive ketones (excluding diaryl/α,β-unsaturated/α-hetero) is 1. The number of nitrogens with zero attached hydrogens (tertiary/aromatic N) is 5. The highest BCUT2D eigenvalue weighted by atomic mass is 16.5. The zero-order chi connectivity index (χ0) is 18.3. The van der Waals surface area contributed by atoms with E-state index in [2.05, 4.69) is 19.9 Å². The number of anilines is 1. The molecule has 0 aromatic carbocycles. The van der Waals surface area contributed by atoms with Crippen LogP contribution < -0.4 is 10.5 Å². The number of methoxy groups -OCH3 is 1. The molecule has 0 saturated heterocycles. The Morgan fingerprint density at radius 3 is 2.88 bits per heavy atom. The van der Waals surface area contributed by atoms with Gasteiger partial charge in [0.05, 0.1) is 24.1 Å². The van der Waals surface area contributed by atoms with E-state index in [0.29, 0.717) is 41.5 Å². The highest BCUT2D eigenvalue weighted by Crippen LogP contribution is 2.33. The summed E-state index contributed by atoms with van der Waals surface area (Å²) in [6, 6.07) is 5.52. The Morgan fingerprint density at radius 1 is 1.23 bits per heavy atom. The fourth-order valence-corrected chi connectivity index (χ4v) is 3.44. The minimum atomic E-state index is -0.105. The molecule has 3 aromatic heterocycles. The minimum Gasteiger partial charge on any atom is -0.481 e. The van der Waals surface area contributed by atoms with Crippen molar-refractivity contribution in [1.82, 2.24) is 24.5 Å². The van der Waals surface area contributed by atoms with Crippen LogP contribution in [0.25, 0.3) is 5.82 Å². The first-order chi connectivity index (χ1) is 12.6. The van der Waals surface area contributed by atoms with Crippen LogP contribution in [-0.2, 0) is 6.42 Å². The molecule has 3 heterocycles. The lowest BCUT2D eigenvalue weighted by Crippen LogP contribution is -2.24. The summed E-state index contributed by atoms with van der Waals surface area (Å²) in [6.45, 7) is 1.79. The lowest BCUT2D eigenvalue weighted by Gasteiger charge is -2.24. The second-order valence-electron chi connectivity index (χ2n) is 6.21. The first kappa shape index (κ1) is 16.2. The summed E-state index contributed by atoms with van der Waals surface area (Å²) in [5.41, 5.74) is 7.68. The van der Waals surface area contributed by atoms with Gasteiger partial charge >= 0.3 is 0 Å². The number of rotatable bonds is 3. The van der Waals surface area contributed by atoms with Crippen molar-refractivity contribution in [1.29, 1.82) is 0 Å². The number of fused-ring (bicyclic) bond motifs is 1. The van der Waals surface area contributed by atoms with Crippen molar-refractivity contribution in [2.45, 2.75) is 25.7 Å². The van der Waals surface area contributed by atoms with Crippen molar-refractivity contribution >= 4 is 11.7 Å². The molecule has 8 heteroatoms. The van der Waals surface area contributed by atoms with E-state index in [9.17, 15) is 4.79 Å². The average Bonchev–Trinajstić information content (AvgIpc) is 3.10. The first-order valence-corrected chi connectivity index (χ1v) is 8.27. The van der Waals surface area contributed by atoms with E-state index in [4.69, 9.17) is 10.5 Å². The number of carbonyl (C=O) groups is 1. The summed E-state index contributed by atoms with van der Waals surface area (Å²) in [6.07, 6.45) is 4.46. The van der Waals surface area contributed by atoms with Gasteiger partial charge in [-0.25, -0.2) is 15.0 Å². The van der Waals surface area contributed by atoms with Gasteiger partial charge in [0.2, 0.25) is 11.8 Å². The number of nitrogens with two attached hydrogens (primary N) is 1. The molecule has 2 N–H and O–H groups in total. The summed E-state index contributed by atoms with van der Waals surface area (Å²) in [5, 5.41) is 0. The van der Waals surface area contributed by atoms with Gasteiger partial charge in [0.25, 0.3) is 0 Å². The van der Waals surface area contributed by atoms with Crippen LogP contribution in [0.15, 0.2) is 30.6 Å². The molecule has 8 nitrogen and oxygen atoms in total. The lowest BCUT2D eigenvalue weighted by atomic mass is 9.84. The molecule has 1 aliphatic carbocycles. The Hall–Kier alpha value is -3.29. The summed E-state index contributed by atoms with van der Waals surface area (Å²) in [5.74, 6) is 2.07. The Morgan fingerprint density at radius 2 is 2.08 bits per heavy atom. The Bertz CT molecular complexity index is 997. The molecule has 0 amide bonds. The monoisotopic (exact) mass is 350 g/mol. The van der Waals surface area contributed by atoms with Gasteiger partial charge < -0.3 is 10.5 Å². The number of pyridine rings is 1. The van der Waals surface area contributed by atoms with E-state index < -0.39 is 0 Å². The van der Waals surface area contributed by atoms with Gasteiger partial charge in [-0.2, -0.15) is 4.98 Å². The van der Waals surface area contributed by atoms with Gasteiger partial charge in [-0.3, -0.25) is 9.36 Å². The van der Waals surface area contributed by atoms with Crippen molar-refractivity contribution in [3.05, 3.63) is 53.4 Å². The number of hydrogen-bond acceptors (Lipinski definition) is 7. The van der Waals surface area contributed by atoms with E-state index in [-0.39, 0.29) is 17.6 Å².